The Hall–Kier alpha value is -2.77. The molecule has 13 heteroatoms. The van der Waals surface area contributed by atoms with E-state index in [0.717, 1.165) is 43.9 Å². The number of carbonyl (C=O) groups excluding carboxylic acids is 2. The second-order valence-corrected chi connectivity index (χ2v) is 10.8. The van der Waals surface area contributed by atoms with Gasteiger partial charge in [-0.1, -0.05) is 0 Å². The lowest BCUT2D eigenvalue weighted by Gasteiger charge is -2.22. The van der Waals surface area contributed by atoms with Gasteiger partial charge in [0.25, 0.3) is 11.8 Å². The highest BCUT2D eigenvalue weighted by molar-refractivity contribution is 7.17. The van der Waals surface area contributed by atoms with Gasteiger partial charge in [0.05, 0.1) is 30.2 Å². The maximum absolute atomic E-state index is 13.7. The first-order valence-electron chi connectivity index (χ1n) is 12.2. The topological polar surface area (TPSA) is 117 Å². The van der Waals surface area contributed by atoms with Gasteiger partial charge >= 0.3 is 6.18 Å². The molecule has 0 aliphatic carbocycles. The van der Waals surface area contributed by atoms with Crippen LogP contribution in [0, 0.1) is 6.92 Å². The number of hydrogen-bond donors (Lipinski definition) is 3. The molecule has 0 spiro atoms. The third kappa shape index (κ3) is 5.04. The molecule has 3 aliphatic rings. The minimum atomic E-state index is -4.43. The molecule has 3 aliphatic heterocycles. The van der Waals surface area contributed by atoms with Crippen molar-refractivity contribution in [1.82, 2.24) is 20.2 Å². The molecule has 0 radical (unpaired) electrons. The van der Waals surface area contributed by atoms with Crippen molar-refractivity contribution < 1.29 is 32.6 Å². The molecule has 3 saturated heterocycles. The van der Waals surface area contributed by atoms with Crippen LogP contribution in [-0.2, 0) is 4.74 Å². The summed E-state index contributed by atoms with van der Waals surface area (Å²) >= 11 is 1.02. The summed E-state index contributed by atoms with van der Waals surface area (Å²) in [7, 11) is 0. The van der Waals surface area contributed by atoms with Gasteiger partial charge in [0.15, 0.2) is 5.01 Å². The molecule has 200 valence electrons. The lowest BCUT2D eigenvalue weighted by atomic mass is 10.0. The highest BCUT2D eigenvalue weighted by Crippen LogP contribution is 2.41. The Morgan fingerprint density at radius 2 is 1.89 bits per heavy atom. The van der Waals surface area contributed by atoms with Crippen molar-refractivity contribution in [3.63, 3.8) is 0 Å². The number of fused-ring (bicyclic) bond motifs is 2. The van der Waals surface area contributed by atoms with Crippen molar-refractivity contribution in [2.75, 3.05) is 18.5 Å². The van der Waals surface area contributed by atoms with Crippen molar-refractivity contribution in [1.29, 1.82) is 0 Å². The third-order valence-corrected chi connectivity index (χ3v) is 8.38. The number of alkyl halides is 3. The van der Waals surface area contributed by atoms with Gasteiger partial charge in [-0.25, -0.2) is 9.97 Å². The third-order valence-electron chi connectivity index (χ3n) is 7.29. The van der Waals surface area contributed by atoms with Crippen LogP contribution >= 0.6 is 11.3 Å². The molecule has 3 fully saturated rings. The summed E-state index contributed by atoms with van der Waals surface area (Å²) in [6.45, 7) is 3.00. The van der Waals surface area contributed by atoms with Crippen molar-refractivity contribution in [2.45, 2.75) is 76.0 Å². The fourth-order valence-corrected chi connectivity index (χ4v) is 6.23. The average molecular weight is 540 g/mol. The molecule has 5 heterocycles. The number of anilines is 1. The molecular formula is C24H28F3N5O4S. The number of aromatic nitrogens is 2. The largest absolute Gasteiger partial charge is 0.408 e. The zero-order valence-corrected chi connectivity index (χ0v) is 21.2. The van der Waals surface area contributed by atoms with Gasteiger partial charge in [-0.15, -0.1) is 11.3 Å². The lowest BCUT2D eigenvalue weighted by Crippen LogP contribution is -2.42. The highest BCUT2D eigenvalue weighted by Gasteiger charge is 2.44. The first kappa shape index (κ1) is 25.9. The second kappa shape index (κ2) is 9.84. The molecule has 0 aromatic carbocycles. The number of halogens is 3. The number of carbonyl (C=O) groups is 2. The number of hydrogen-bond acceptors (Lipinski definition) is 8. The van der Waals surface area contributed by atoms with Crippen LogP contribution < -0.4 is 10.6 Å². The van der Waals surface area contributed by atoms with Crippen molar-refractivity contribution >= 4 is 29.0 Å². The quantitative estimate of drug-likeness (QED) is 0.517. The van der Waals surface area contributed by atoms with E-state index >= 15 is 0 Å². The maximum Gasteiger partial charge on any atom is 0.408 e. The molecule has 2 aromatic heterocycles. The summed E-state index contributed by atoms with van der Waals surface area (Å²) in [6.07, 6.45) is -0.138. The maximum atomic E-state index is 13.7. The number of aryl methyl sites for hydroxylation is 1. The van der Waals surface area contributed by atoms with Crippen LogP contribution in [0.3, 0.4) is 0 Å². The van der Waals surface area contributed by atoms with Crippen LogP contribution in [-0.4, -0.2) is 81.5 Å². The SMILES string of the molecule is Cc1cc(N[C@@H](C)C(F)(F)F)ncc1-c1sc(C(=O)N[C@@H]2COC[C@@H]2O)nc1C(=O)N1C2CCC1CC2. The molecule has 0 unspecified atom stereocenters. The van der Waals surface area contributed by atoms with Crippen LogP contribution in [0.4, 0.5) is 19.0 Å². The second-order valence-electron chi connectivity index (χ2n) is 9.85. The number of rotatable bonds is 6. The first-order valence-corrected chi connectivity index (χ1v) is 13.0. The van der Waals surface area contributed by atoms with E-state index < -0.39 is 30.3 Å². The Balaban J connectivity index is 1.48. The number of nitrogens with one attached hydrogen (secondary N) is 2. The molecule has 9 nitrogen and oxygen atoms in total. The number of nitrogens with zero attached hydrogens (tertiary/aromatic N) is 3. The molecular weight excluding hydrogens is 511 g/mol. The van der Waals surface area contributed by atoms with E-state index in [2.05, 4.69) is 20.6 Å². The molecule has 3 atom stereocenters. The Kier molecular flexibility index (Phi) is 6.88. The number of aliphatic hydroxyl groups is 1. The lowest BCUT2D eigenvalue weighted by molar-refractivity contribution is -0.138. The van der Waals surface area contributed by atoms with E-state index in [-0.39, 0.29) is 47.7 Å². The van der Waals surface area contributed by atoms with Crippen molar-refractivity contribution in [2.24, 2.45) is 0 Å². The number of pyridine rings is 1. The zero-order valence-electron chi connectivity index (χ0n) is 20.3. The molecule has 2 amide bonds. The standard InChI is InChI=1S/C24H28F3N5O4S/c1-11-7-18(29-12(2)24(25,26)27)28-8-15(11)20-19(23(35)32-13-3-4-14(32)6-5-13)31-22(37-20)21(34)30-16-9-36-10-17(16)33/h7-8,12-14,16-17,33H,3-6,9-10H2,1-2H3,(H,28,29)(H,30,34)/t12-,13?,14?,16+,17-/m0/s1. The van der Waals surface area contributed by atoms with Crippen molar-refractivity contribution in [3.8, 4) is 10.4 Å². The summed E-state index contributed by atoms with van der Waals surface area (Å²) in [5.74, 6) is -0.742. The highest BCUT2D eigenvalue weighted by atomic mass is 32.1. The Bertz CT molecular complexity index is 1190. The normalized spacial score (nSPS) is 25.9. The summed E-state index contributed by atoms with van der Waals surface area (Å²) in [5, 5.41) is 15.1. The van der Waals surface area contributed by atoms with Gasteiger partial charge in [0.2, 0.25) is 0 Å². The molecule has 37 heavy (non-hydrogen) atoms. The van der Waals surface area contributed by atoms with Gasteiger partial charge in [0, 0.05) is 23.8 Å². The fraction of sp³-hybridized carbons (Fsp3) is 0.583. The smallest absolute Gasteiger partial charge is 0.388 e. The van der Waals surface area contributed by atoms with Crippen LogP contribution in [0.15, 0.2) is 12.3 Å². The zero-order chi connectivity index (χ0) is 26.5. The van der Waals surface area contributed by atoms with Crippen LogP contribution in [0.1, 0.15) is 58.5 Å². The predicted molar refractivity (Wildman–Crippen MR) is 130 cm³/mol. The molecule has 0 saturated carbocycles. The average Bonchev–Trinajstić information content (AvgIpc) is 3.63. The molecule has 3 N–H and O–H groups in total. The Morgan fingerprint density at radius 3 is 2.46 bits per heavy atom. The minimum Gasteiger partial charge on any atom is -0.388 e. The van der Waals surface area contributed by atoms with E-state index in [1.807, 2.05) is 4.90 Å². The summed E-state index contributed by atoms with van der Waals surface area (Å²) < 4.78 is 44.1. The summed E-state index contributed by atoms with van der Waals surface area (Å²) in [5.41, 5.74) is 1.23. The van der Waals surface area contributed by atoms with Gasteiger partial charge in [-0.2, -0.15) is 13.2 Å². The summed E-state index contributed by atoms with van der Waals surface area (Å²) in [4.78, 5) is 37.6. The van der Waals surface area contributed by atoms with E-state index in [1.165, 1.54) is 12.3 Å². The Morgan fingerprint density at radius 1 is 1.22 bits per heavy atom. The van der Waals surface area contributed by atoms with Crippen LogP contribution in [0.5, 0.6) is 0 Å². The fourth-order valence-electron chi connectivity index (χ4n) is 5.20. The minimum absolute atomic E-state index is 0.0502. The van der Waals surface area contributed by atoms with E-state index in [0.29, 0.717) is 16.0 Å². The van der Waals surface area contributed by atoms with Gasteiger partial charge < -0.3 is 25.4 Å². The first-order chi connectivity index (χ1) is 17.5. The Labute approximate surface area is 215 Å². The van der Waals surface area contributed by atoms with E-state index in [9.17, 15) is 27.9 Å². The molecule has 2 aromatic rings. The predicted octanol–water partition coefficient (Wildman–Crippen LogP) is 3.13. The van der Waals surface area contributed by atoms with Crippen LogP contribution in [0.2, 0.25) is 0 Å². The number of amides is 2. The molecule has 5 rings (SSSR count). The number of thiazole rings is 1. The van der Waals surface area contributed by atoms with Crippen LogP contribution in [0.25, 0.3) is 10.4 Å². The number of ether oxygens (including phenoxy) is 1. The van der Waals surface area contributed by atoms with E-state index in [4.69, 9.17) is 4.74 Å². The van der Waals surface area contributed by atoms with E-state index in [1.54, 1.807) is 6.92 Å². The van der Waals surface area contributed by atoms with Gasteiger partial charge in [-0.05, 0) is 51.2 Å². The number of aliphatic hydroxyl groups excluding tert-OH is 1. The van der Waals surface area contributed by atoms with Gasteiger partial charge in [-0.3, -0.25) is 9.59 Å². The monoisotopic (exact) mass is 539 g/mol. The molecule has 2 bridgehead atoms. The van der Waals surface area contributed by atoms with Gasteiger partial charge in [0.1, 0.15) is 17.6 Å². The summed E-state index contributed by atoms with van der Waals surface area (Å²) in [6, 6.07) is -0.606. The van der Waals surface area contributed by atoms with Crippen molar-refractivity contribution in [3.05, 3.63) is 28.5 Å².